The summed E-state index contributed by atoms with van der Waals surface area (Å²) in [7, 11) is -1.62. The molecule has 0 bridgehead atoms. The van der Waals surface area contributed by atoms with Crippen LogP contribution in [-0.2, 0) is 14.6 Å². The van der Waals surface area contributed by atoms with Crippen molar-refractivity contribution in [3.05, 3.63) is 0 Å². The van der Waals surface area contributed by atoms with Crippen molar-refractivity contribution in [3.63, 3.8) is 0 Å². The first-order valence-corrected chi connectivity index (χ1v) is 8.91. The minimum Gasteiger partial charge on any atom is -0.355 e. The van der Waals surface area contributed by atoms with Crippen LogP contribution in [-0.4, -0.2) is 56.5 Å². The molecule has 22 heavy (non-hydrogen) atoms. The molecule has 130 valence electrons. The highest BCUT2D eigenvalue weighted by Gasteiger charge is 2.28. The highest BCUT2D eigenvalue weighted by atomic mass is 32.2. The lowest BCUT2D eigenvalue weighted by atomic mass is 10.1. The summed E-state index contributed by atoms with van der Waals surface area (Å²) in [6.45, 7) is 11.0. The van der Waals surface area contributed by atoms with Crippen LogP contribution in [0.3, 0.4) is 0 Å². The van der Waals surface area contributed by atoms with Gasteiger partial charge in [0.1, 0.15) is 0 Å². The van der Waals surface area contributed by atoms with E-state index in [0.29, 0.717) is 5.96 Å². The monoisotopic (exact) mass is 334 g/mol. The lowest BCUT2D eigenvalue weighted by Crippen LogP contribution is -2.48. The summed E-state index contributed by atoms with van der Waals surface area (Å²) >= 11 is 0. The van der Waals surface area contributed by atoms with E-state index in [9.17, 15) is 13.2 Å². The van der Waals surface area contributed by atoms with Gasteiger partial charge in [-0.05, 0) is 41.5 Å². The normalized spacial score (nSPS) is 13.7. The Hall–Kier alpha value is -1.31. The van der Waals surface area contributed by atoms with Crippen molar-refractivity contribution in [2.75, 3.05) is 25.9 Å². The second-order valence-corrected chi connectivity index (χ2v) is 9.94. The second kappa shape index (κ2) is 7.80. The fourth-order valence-corrected chi connectivity index (χ4v) is 2.44. The van der Waals surface area contributed by atoms with Crippen LogP contribution in [0.15, 0.2) is 4.99 Å². The van der Waals surface area contributed by atoms with Crippen molar-refractivity contribution in [2.45, 2.75) is 51.8 Å². The molecule has 0 atom stereocenters. The molecular weight excluding hydrogens is 304 g/mol. The molecule has 3 N–H and O–H groups in total. The fraction of sp³-hybridized carbons (Fsp3) is 0.857. The Morgan fingerprint density at radius 2 is 1.59 bits per heavy atom. The van der Waals surface area contributed by atoms with Crippen molar-refractivity contribution < 1.29 is 13.2 Å². The van der Waals surface area contributed by atoms with E-state index in [1.807, 2.05) is 20.8 Å². The van der Waals surface area contributed by atoms with Crippen molar-refractivity contribution in [2.24, 2.45) is 4.99 Å². The maximum absolute atomic E-state index is 12.0. The first-order valence-electron chi connectivity index (χ1n) is 7.26. The number of nitrogens with one attached hydrogen (secondary N) is 3. The number of aliphatic imine (C=N–C) groups is 1. The molecule has 0 rings (SSSR count). The van der Waals surface area contributed by atoms with Crippen molar-refractivity contribution in [1.82, 2.24) is 16.0 Å². The topological polar surface area (TPSA) is 99.7 Å². The molecule has 0 saturated heterocycles. The van der Waals surface area contributed by atoms with Gasteiger partial charge >= 0.3 is 0 Å². The SMILES string of the molecule is CN=C(NCCS(=O)(=O)C(C)(C)C)NCC(=O)NC(C)(C)C. The third-order valence-electron chi connectivity index (χ3n) is 2.75. The van der Waals surface area contributed by atoms with Gasteiger partial charge in [-0.15, -0.1) is 0 Å². The van der Waals surface area contributed by atoms with E-state index in [2.05, 4.69) is 20.9 Å². The number of hydrogen-bond acceptors (Lipinski definition) is 4. The van der Waals surface area contributed by atoms with Crippen LogP contribution in [0.4, 0.5) is 0 Å². The predicted octanol–water partition coefficient (Wildman–Crippen LogP) is 0.279. The molecule has 0 unspecified atom stereocenters. The summed E-state index contributed by atoms with van der Waals surface area (Å²) in [6.07, 6.45) is 0. The number of carbonyl (C=O) groups is 1. The fourth-order valence-electron chi connectivity index (χ4n) is 1.46. The number of amides is 1. The summed E-state index contributed by atoms with van der Waals surface area (Å²) < 4.78 is 23.2. The van der Waals surface area contributed by atoms with E-state index in [4.69, 9.17) is 0 Å². The highest BCUT2D eigenvalue weighted by molar-refractivity contribution is 7.92. The van der Waals surface area contributed by atoms with Crippen LogP contribution in [0.25, 0.3) is 0 Å². The van der Waals surface area contributed by atoms with Gasteiger partial charge in [-0.25, -0.2) is 8.42 Å². The number of carbonyl (C=O) groups excluding carboxylic acids is 1. The average Bonchev–Trinajstić information content (AvgIpc) is 2.29. The van der Waals surface area contributed by atoms with Crippen molar-refractivity contribution in [1.29, 1.82) is 0 Å². The van der Waals surface area contributed by atoms with Crippen LogP contribution in [0.2, 0.25) is 0 Å². The number of rotatable bonds is 5. The molecule has 0 aromatic rings. The summed E-state index contributed by atoms with van der Waals surface area (Å²) in [5, 5.41) is 8.56. The van der Waals surface area contributed by atoms with Crippen molar-refractivity contribution in [3.8, 4) is 0 Å². The van der Waals surface area contributed by atoms with E-state index < -0.39 is 14.6 Å². The quantitative estimate of drug-likeness (QED) is 0.495. The molecule has 0 aliphatic rings. The zero-order valence-corrected chi connectivity index (χ0v) is 15.5. The molecule has 0 radical (unpaired) electrons. The van der Waals surface area contributed by atoms with Crippen molar-refractivity contribution >= 4 is 21.7 Å². The molecule has 0 fully saturated rings. The van der Waals surface area contributed by atoms with Gasteiger partial charge < -0.3 is 16.0 Å². The third-order valence-corrected chi connectivity index (χ3v) is 5.36. The molecule has 0 heterocycles. The summed E-state index contributed by atoms with van der Waals surface area (Å²) in [5.41, 5.74) is -0.295. The van der Waals surface area contributed by atoms with Gasteiger partial charge in [-0.2, -0.15) is 0 Å². The van der Waals surface area contributed by atoms with E-state index in [0.717, 1.165) is 0 Å². The molecule has 1 amide bonds. The van der Waals surface area contributed by atoms with Gasteiger partial charge in [-0.1, -0.05) is 0 Å². The van der Waals surface area contributed by atoms with Gasteiger partial charge in [0.15, 0.2) is 15.8 Å². The number of hydrogen-bond donors (Lipinski definition) is 3. The number of sulfone groups is 1. The van der Waals surface area contributed by atoms with Gasteiger partial charge in [0.2, 0.25) is 5.91 Å². The predicted molar refractivity (Wildman–Crippen MR) is 90.8 cm³/mol. The molecule has 0 aromatic heterocycles. The van der Waals surface area contributed by atoms with E-state index >= 15 is 0 Å². The van der Waals surface area contributed by atoms with Gasteiger partial charge in [0.05, 0.1) is 17.0 Å². The molecule has 0 saturated carbocycles. The minimum absolute atomic E-state index is 0.00534. The molecule has 0 aliphatic heterocycles. The number of guanidine groups is 1. The smallest absolute Gasteiger partial charge is 0.239 e. The lowest BCUT2D eigenvalue weighted by Gasteiger charge is -2.21. The molecule has 0 aromatic carbocycles. The maximum Gasteiger partial charge on any atom is 0.239 e. The Kier molecular flexibility index (Phi) is 7.34. The Balaban J connectivity index is 4.29. The molecule has 7 nitrogen and oxygen atoms in total. The van der Waals surface area contributed by atoms with Gasteiger partial charge in [0.25, 0.3) is 0 Å². The molecule has 0 aliphatic carbocycles. The minimum atomic E-state index is -3.18. The van der Waals surface area contributed by atoms with E-state index in [1.54, 1.807) is 27.8 Å². The third kappa shape index (κ3) is 8.21. The Morgan fingerprint density at radius 1 is 1.05 bits per heavy atom. The first kappa shape index (κ1) is 20.7. The van der Waals surface area contributed by atoms with E-state index in [1.165, 1.54) is 0 Å². The Morgan fingerprint density at radius 3 is 2.00 bits per heavy atom. The Labute approximate surface area is 134 Å². The second-order valence-electron chi connectivity index (χ2n) is 7.08. The zero-order valence-electron chi connectivity index (χ0n) is 14.7. The van der Waals surface area contributed by atoms with Crippen LogP contribution in [0.5, 0.6) is 0 Å². The average molecular weight is 334 g/mol. The summed E-state index contributed by atoms with van der Waals surface area (Å²) in [5.74, 6) is 0.247. The van der Waals surface area contributed by atoms with Crippen LogP contribution in [0.1, 0.15) is 41.5 Å². The first-order chi connectivity index (χ1) is 9.78. The van der Waals surface area contributed by atoms with Gasteiger partial charge in [0, 0.05) is 19.1 Å². The number of nitrogens with zero attached hydrogens (tertiary/aromatic N) is 1. The Bertz CT molecular complexity index is 499. The van der Waals surface area contributed by atoms with E-state index in [-0.39, 0.29) is 30.3 Å². The van der Waals surface area contributed by atoms with Gasteiger partial charge in [-0.3, -0.25) is 9.79 Å². The molecular formula is C14H30N4O3S. The van der Waals surface area contributed by atoms with Crippen LogP contribution < -0.4 is 16.0 Å². The van der Waals surface area contributed by atoms with Crippen LogP contribution in [0, 0.1) is 0 Å². The largest absolute Gasteiger partial charge is 0.355 e. The highest BCUT2D eigenvalue weighted by Crippen LogP contribution is 2.15. The van der Waals surface area contributed by atoms with Crippen LogP contribution >= 0.6 is 0 Å². The molecule has 8 heteroatoms. The maximum atomic E-state index is 12.0. The zero-order chi connectivity index (χ0) is 17.6. The lowest BCUT2D eigenvalue weighted by molar-refractivity contribution is -0.121. The summed E-state index contributed by atoms with van der Waals surface area (Å²) in [6, 6.07) is 0. The molecule has 0 spiro atoms. The summed E-state index contributed by atoms with van der Waals surface area (Å²) in [4.78, 5) is 15.6. The standard InChI is InChI=1S/C14H30N4O3S/c1-13(2,3)18-11(19)10-17-12(15-7)16-8-9-22(20,21)14(4,5)6/h8-10H2,1-7H3,(H,18,19)(H2,15,16,17).